The van der Waals surface area contributed by atoms with Crippen molar-refractivity contribution in [2.45, 2.75) is 38.3 Å². The third kappa shape index (κ3) is 3.52. The zero-order chi connectivity index (χ0) is 13.7. The van der Waals surface area contributed by atoms with Crippen molar-refractivity contribution < 1.29 is 9.50 Å². The van der Waals surface area contributed by atoms with Crippen LogP contribution in [0, 0.1) is 23.1 Å². The predicted octanol–water partition coefficient (Wildman–Crippen LogP) is 2.34. The lowest BCUT2D eigenvalue weighted by atomic mass is 9.85. The van der Waals surface area contributed by atoms with Crippen LogP contribution in [0.1, 0.15) is 36.8 Å². The minimum Gasteiger partial charge on any atom is -0.396 e. The van der Waals surface area contributed by atoms with Gasteiger partial charge in [0.05, 0.1) is 5.56 Å². The highest BCUT2D eigenvalue weighted by Crippen LogP contribution is 2.24. The van der Waals surface area contributed by atoms with Gasteiger partial charge in [0.1, 0.15) is 11.9 Å². The molecule has 2 rings (SSSR count). The van der Waals surface area contributed by atoms with Gasteiger partial charge in [0.25, 0.3) is 0 Å². The third-order valence-corrected chi connectivity index (χ3v) is 3.86. The first-order valence-corrected chi connectivity index (χ1v) is 6.77. The molecule has 1 saturated carbocycles. The summed E-state index contributed by atoms with van der Waals surface area (Å²) in [5.74, 6) is -0.165. The topological polar surface area (TPSA) is 56.0 Å². The average molecular weight is 262 g/mol. The van der Waals surface area contributed by atoms with Crippen LogP contribution in [0.15, 0.2) is 18.2 Å². The predicted molar refractivity (Wildman–Crippen MR) is 70.8 cm³/mol. The molecular weight excluding hydrogens is 243 g/mol. The van der Waals surface area contributed by atoms with Crippen molar-refractivity contribution in [3.8, 4) is 6.07 Å². The smallest absolute Gasteiger partial charge is 0.140 e. The van der Waals surface area contributed by atoms with E-state index in [4.69, 9.17) is 5.26 Å². The molecule has 0 heterocycles. The Bertz CT molecular complexity index is 470. The maximum absolute atomic E-state index is 13.2. The largest absolute Gasteiger partial charge is 0.396 e. The summed E-state index contributed by atoms with van der Waals surface area (Å²) in [5, 5.41) is 21.6. The highest BCUT2D eigenvalue weighted by Gasteiger charge is 2.23. The van der Waals surface area contributed by atoms with E-state index in [2.05, 4.69) is 5.32 Å². The molecule has 2 atom stereocenters. The van der Waals surface area contributed by atoms with Crippen molar-refractivity contribution in [3.63, 3.8) is 0 Å². The summed E-state index contributed by atoms with van der Waals surface area (Å²) in [5.41, 5.74) is 0.988. The lowest BCUT2D eigenvalue weighted by Gasteiger charge is -2.31. The molecule has 102 valence electrons. The van der Waals surface area contributed by atoms with E-state index in [0.29, 0.717) is 18.5 Å². The number of rotatable bonds is 4. The highest BCUT2D eigenvalue weighted by atomic mass is 19.1. The van der Waals surface area contributed by atoms with Gasteiger partial charge in [-0.25, -0.2) is 4.39 Å². The van der Waals surface area contributed by atoms with Crippen molar-refractivity contribution in [3.05, 3.63) is 35.1 Å². The fourth-order valence-electron chi connectivity index (χ4n) is 2.71. The molecule has 0 radical (unpaired) electrons. The SMILES string of the molecule is N#Cc1cc(CN[C@H]2CCCC[C@H]2CO)ccc1F. The molecule has 0 aromatic heterocycles. The van der Waals surface area contributed by atoms with Crippen LogP contribution in [0.3, 0.4) is 0 Å². The molecule has 1 aromatic carbocycles. The van der Waals surface area contributed by atoms with Crippen molar-refractivity contribution in [2.24, 2.45) is 5.92 Å². The molecule has 2 N–H and O–H groups in total. The summed E-state index contributed by atoms with van der Waals surface area (Å²) in [6.45, 7) is 0.820. The zero-order valence-corrected chi connectivity index (χ0v) is 10.9. The first-order chi connectivity index (χ1) is 9.24. The Kier molecular flexibility index (Phi) is 4.89. The summed E-state index contributed by atoms with van der Waals surface area (Å²) >= 11 is 0. The van der Waals surface area contributed by atoms with Crippen molar-refractivity contribution in [1.82, 2.24) is 5.32 Å². The molecule has 0 unspecified atom stereocenters. The maximum atomic E-state index is 13.2. The molecule has 3 nitrogen and oxygen atoms in total. The van der Waals surface area contributed by atoms with E-state index >= 15 is 0 Å². The third-order valence-electron chi connectivity index (χ3n) is 3.86. The average Bonchev–Trinajstić information content (AvgIpc) is 2.46. The van der Waals surface area contributed by atoms with Crippen LogP contribution in [0.25, 0.3) is 0 Å². The molecule has 0 spiro atoms. The van der Waals surface area contributed by atoms with Gasteiger partial charge in [-0.15, -0.1) is 0 Å². The number of nitrogens with one attached hydrogen (secondary N) is 1. The molecule has 0 amide bonds. The van der Waals surface area contributed by atoms with Gasteiger partial charge in [-0.3, -0.25) is 0 Å². The number of halogens is 1. The zero-order valence-electron chi connectivity index (χ0n) is 10.9. The molecular formula is C15H19FN2O. The minimum absolute atomic E-state index is 0.0849. The second-order valence-corrected chi connectivity index (χ2v) is 5.14. The fourth-order valence-corrected chi connectivity index (χ4v) is 2.71. The Hall–Kier alpha value is -1.44. The molecule has 1 aromatic rings. The highest BCUT2D eigenvalue weighted by molar-refractivity contribution is 5.34. The number of aliphatic hydroxyl groups excluding tert-OH is 1. The van der Waals surface area contributed by atoms with Crippen molar-refractivity contribution in [2.75, 3.05) is 6.61 Å². The van der Waals surface area contributed by atoms with Crippen LogP contribution in [0.4, 0.5) is 4.39 Å². The number of benzene rings is 1. The van der Waals surface area contributed by atoms with Gasteiger partial charge < -0.3 is 10.4 Å². The minimum atomic E-state index is -0.475. The number of hydrogen-bond donors (Lipinski definition) is 2. The normalized spacial score (nSPS) is 23.0. The van der Waals surface area contributed by atoms with Crippen LogP contribution in [0.5, 0.6) is 0 Å². The van der Waals surface area contributed by atoms with E-state index < -0.39 is 5.82 Å². The second-order valence-electron chi connectivity index (χ2n) is 5.14. The number of aliphatic hydroxyl groups is 1. The quantitative estimate of drug-likeness (QED) is 0.875. The van der Waals surface area contributed by atoms with Crippen LogP contribution >= 0.6 is 0 Å². The summed E-state index contributed by atoms with van der Waals surface area (Å²) in [6.07, 6.45) is 4.48. The summed E-state index contributed by atoms with van der Waals surface area (Å²) in [4.78, 5) is 0. The lowest BCUT2D eigenvalue weighted by Crippen LogP contribution is -2.39. The Morgan fingerprint density at radius 1 is 1.37 bits per heavy atom. The molecule has 0 aliphatic heterocycles. The first-order valence-electron chi connectivity index (χ1n) is 6.77. The van der Waals surface area contributed by atoms with Gasteiger partial charge in [0.2, 0.25) is 0 Å². The Morgan fingerprint density at radius 3 is 2.89 bits per heavy atom. The molecule has 1 aliphatic carbocycles. The van der Waals surface area contributed by atoms with Crippen LogP contribution < -0.4 is 5.32 Å². The Morgan fingerprint density at radius 2 is 2.16 bits per heavy atom. The van der Waals surface area contributed by atoms with E-state index in [1.807, 2.05) is 6.07 Å². The summed E-state index contributed by atoms with van der Waals surface area (Å²) in [7, 11) is 0. The fraction of sp³-hybridized carbons (Fsp3) is 0.533. The molecule has 4 heteroatoms. The molecule has 0 saturated heterocycles. The van der Waals surface area contributed by atoms with E-state index in [0.717, 1.165) is 18.4 Å². The second kappa shape index (κ2) is 6.65. The van der Waals surface area contributed by atoms with Gasteiger partial charge in [-0.1, -0.05) is 18.9 Å². The standard InChI is InChI=1S/C15H19FN2O/c16-14-6-5-11(7-13(14)8-17)9-18-15-4-2-1-3-12(15)10-19/h5-7,12,15,18-19H,1-4,9-10H2/t12-,15-/m0/s1. The van der Waals surface area contributed by atoms with Crippen LogP contribution in [-0.2, 0) is 6.54 Å². The Labute approximate surface area is 113 Å². The first kappa shape index (κ1) is 14.0. The van der Waals surface area contributed by atoms with E-state index in [-0.39, 0.29) is 12.2 Å². The summed E-state index contributed by atoms with van der Waals surface area (Å²) in [6, 6.07) is 6.78. The van der Waals surface area contributed by atoms with Crippen LogP contribution in [0.2, 0.25) is 0 Å². The van der Waals surface area contributed by atoms with Gasteiger partial charge in [0, 0.05) is 19.2 Å². The van der Waals surface area contributed by atoms with Gasteiger partial charge in [-0.05, 0) is 36.5 Å². The van der Waals surface area contributed by atoms with Crippen molar-refractivity contribution >= 4 is 0 Å². The Balaban J connectivity index is 1.96. The van der Waals surface area contributed by atoms with Gasteiger partial charge in [-0.2, -0.15) is 5.26 Å². The summed E-state index contributed by atoms with van der Waals surface area (Å²) < 4.78 is 13.2. The van der Waals surface area contributed by atoms with Gasteiger partial charge in [0.15, 0.2) is 0 Å². The number of nitrogens with zero attached hydrogens (tertiary/aromatic N) is 1. The molecule has 1 fully saturated rings. The lowest BCUT2D eigenvalue weighted by molar-refractivity contribution is 0.152. The molecule has 1 aliphatic rings. The number of nitriles is 1. The number of hydrogen-bond acceptors (Lipinski definition) is 3. The van der Waals surface area contributed by atoms with E-state index in [1.54, 1.807) is 12.1 Å². The van der Waals surface area contributed by atoms with E-state index in [9.17, 15) is 9.50 Å². The molecule has 0 bridgehead atoms. The van der Waals surface area contributed by atoms with Crippen LogP contribution in [-0.4, -0.2) is 17.8 Å². The maximum Gasteiger partial charge on any atom is 0.140 e. The molecule has 19 heavy (non-hydrogen) atoms. The van der Waals surface area contributed by atoms with Crippen molar-refractivity contribution in [1.29, 1.82) is 5.26 Å². The van der Waals surface area contributed by atoms with Gasteiger partial charge >= 0.3 is 0 Å². The monoisotopic (exact) mass is 262 g/mol. The van der Waals surface area contributed by atoms with E-state index in [1.165, 1.54) is 18.9 Å².